The number of nitrogens with zero attached hydrogens (tertiary/aromatic N) is 3. The lowest BCUT2D eigenvalue weighted by molar-refractivity contribution is -0.136. The molecule has 1 aliphatic heterocycles. The normalized spacial score (nSPS) is 19.9. The van der Waals surface area contributed by atoms with Gasteiger partial charge in [-0.2, -0.15) is 0 Å². The number of likely N-dealkylation sites (N-methyl/N-ethyl adjacent to an activating group) is 1. The number of carbonyl (C=O) groups excluding carboxylic acids is 2. The smallest absolute Gasteiger partial charge is 0.251 e. The number of amides is 2. The summed E-state index contributed by atoms with van der Waals surface area (Å²) in [4.78, 5) is 32.1. The van der Waals surface area contributed by atoms with Crippen LogP contribution in [0.25, 0.3) is 0 Å². The second-order valence-corrected chi connectivity index (χ2v) is 3.92. The zero-order valence-corrected chi connectivity index (χ0v) is 9.60. The van der Waals surface area contributed by atoms with Crippen LogP contribution in [0.15, 0.2) is 6.07 Å². The van der Waals surface area contributed by atoms with Gasteiger partial charge in [0.15, 0.2) is 0 Å². The van der Waals surface area contributed by atoms with Gasteiger partial charge < -0.3 is 11.1 Å². The number of hydrogen-bond acceptors (Lipinski definition) is 6. The Morgan fingerprint density at radius 2 is 2.18 bits per heavy atom. The molecule has 2 rings (SSSR count). The number of aryl methyl sites for hydroxylation is 1. The van der Waals surface area contributed by atoms with Gasteiger partial charge in [0.25, 0.3) is 5.91 Å². The van der Waals surface area contributed by atoms with Gasteiger partial charge >= 0.3 is 0 Å². The lowest BCUT2D eigenvalue weighted by Gasteiger charge is -2.12. The van der Waals surface area contributed by atoms with E-state index in [9.17, 15) is 9.59 Å². The summed E-state index contributed by atoms with van der Waals surface area (Å²) < 4.78 is 0. The summed E-state index contributed by atoms with van der Waals surface area (Å²) in [5.41, 5.74) is 5.57. The van der Waals surface area contributed by atoms with Gasteiger partial charge in [-0.25, -0.2) is 9.97 Å². The molecule has 90 valence electrons. The molecule has 1 saturated heterocycles. The zero-order chi connectivity index (χ0) is 12.6. The number of rotatable bonds is 2. The molecular weight excluding hydrogens is 222 g/mol. The average molecular weight is 235 g/mol. The molecule has 0 spiro atoms. The number of nitrogen functional groups attached to an aromatic ring is 1. The number of nitrogens with one attached hydrogen (secondary N) is 1. The van der Waals surface area contributed by atoms with Crippen molar-refractivity contribution in [3.8, 4) is 0 Å². The Labute approximate surface area is 98.0 Å². The lowest BCUT2D eigenvalue weighted by Crippen LogP contribution is -2.32. The molecule has 2 amide bonds. The van der Waals surface area contributed by atoms with E-state index in [1.54, 1.807) is 6.92 Å². The molecule has 1 aliphatic rings. The number of aromatic nitrogens is 2. The van der Waals surface area contributed by atoms with E-state index in [0.717, 1.165) is 4.90 Å². The molecule has 0 radical (unpaired) electrons. The molecule has 1 aromatic heterocycles. The van der Waals surface area contributed by atoms with E-state index >= 15 is 0 Å². The van der Waals surface area contributed by atoms with Gasteiger partial charge in [-0.1, -0.05) is 0 Å². The van der Waals surface area contributed by atoms with Crippen LogP contribution in [0.3, 0.4) is 0 Å². The zero-order valence-electron chi connectivity index (χ0n) is 9.60. The Bertz CT molecular complexity index is 467. The average Bonchev–Trinajstić information content (AvgIpc) is 2.45. The summed E-state index contributed by atoms with van der Waals surface area (Å²) in [6.45, 7) is 1.70. The number of hydrogen-bond donors (Lipinski definition) is 2. The van der Waals surface area contributed by atoms with Crippen molar-refractivity contribution >= 4 is 23.5 Å². The van der Waals surface area contributed by atoms with Crippen molar-refractivity contribution in [2.24, 2.45) is 0 Å². The molecule has 2 heterocycles. The monoisotopic (exact) mass is 235 g/mol. The first kappa shape index (κ1) is 11.3. The molecule has 1 aromatic rings. The van der Waals surface area contributed by atoms with E-state index in [0.29, 0.717) is 17.5 Å². The van der Waals surface area contributed by atoms with Gasteiger partial charge in [-0.05, 0) is 6.92 Å². The predicted octanol–water partition coefficient (Wildman–Crippen LogP) is -0.464. The number of imide groups is 1. The number of anilines is 2. The van der Waals surface area contributed by atoms with Gasteiger partial charge in [0.2, 0.25) is 5.91 Å². The minimum atomic E-state index is -0.568. The molecule has 0 bridgehead atoms. The third kappa shape index (κ3) is 2.17. The van der Waals surface area contributed by atoms with Gasteiger partial charge in [-0.15, -0.1) is 0 Å². The van der Waals surface area contributed by atoms with Gasteiger partial charge in [0, 0.05) is 13.1 Å². The van der Waals surface area contributed by atoms with E-state index in [4.69, 9.17) is 5.73 Å². The largest absolute Gasteiger partial charge is 0.384 e. The predicted molar refractivity (Wildman–Crippen MR) is 61.0 cm³/mol. The maximum absolute atomic E-state index is 11.7. The van der Waals surface area contributed by atoms with Crippen LogP contribution in [0.2, 0.25) is 0 Å². The molecular formula is C10H13N5O2. The first-order valence-electron chi connectivity index (χ1n) is 5.15. The fraction of sp³-hybridized carbons (Fsp3) is 0.400. The summed E-state index contributed by atoms with van der Waals surface area (Å²) in [6, 6.07) is 0.962. The SMILES string of the molecule is Cc1nc(N)cc(NC2CC(=O)N(C)C2=O)n1. The van der Waals surface area contributed by atoms with Crippen LogP contribution in [0, 0.1) is 6.92 Å². The standard InChI is InChI=1S/C10H13N5O2/c1-5-12-7(11)4-8(13-5)14-6-3-9(16)15(2)10(6)17/h4,6H,3H2,1-2H3,(H3,11,12,13,14). The van der Waals surface area contributed by atoms with E-state index < -0.39 is 6.04 Å². The van der Waals surface area contributed by atoms with Crippen molar-refractivity contribution in [2.45, 2.75) is 19.4 Å². The van der Waals surface area contributed by atoms with Gasteiger partial charge in [0.05, 0.1) is 6.42 Å². The van der Waals surface area contributed by atoms with Crippen LogP contribution in [0.1, 0.15) is 12.2 Å². The molecule has 7 nitrogen and oxygen atoms in total. The van der Waals surface area contributed by atoms with Crippen molar-refractivity contribution in [1.29, 1.82) is 0 Å². The van der Waals surface area contributed by atoms with Crippen LogP contribution in [-0.4, -0.2) is 39.8 Å². The molecule has 17 heavy (non-hydrogen) atoms. The first-order chi connectivity index (χ1) is 7.97. The number of carbonyl (C=O) groups is 2. The van der Waals surface area contributed by atoms with Crippen LogP contribution in [0.4, 0.5) is 11.6 Å². The van der Waals surface area contributed by atoms with Crippen LogP contribution < -0.4 is 11.1 Å². The van der Waals surface area contributed by atoms with Crippen molar-refractivity contribution in [1.82, 2.24) is 14.9 Å². The van der Waals surface area contributed by atoms with Crippen LogP contribution in [-0.2, 0) is 9.59 Å². The molecule has 1 unspecified atom stereocenters. The lowest BCUT2D eigenvalue weighted by atomic mass is 10.2. The summed E-state index contributed by atoms with van der Waals surface area (Å²) in [5, 5.41) is 2.89. The second-order valence-electron chi connectivity index (χ2n) is 3.92. The Hall–Kier alpha value is -2.18. The van der Waals surface area contributed by atoms with E-state index in [2.05, 4.69) is 15.3 Å². The highest BCUT2D eigenvalue weighted by Gasteiger charge is 2.36. The Balaban J connectivity index is 2.16. The minimum Gasteiger partial charge on any atom is -0.384 e. The maximum Gasteiger partial charge on any atom is 0.251 e. The minimum absolute atomic E-state index is 0.137. The maximum atomic E-state index is 11.7. The highest BCUT2D eigenvalue weighted by atomic mass is 16.2. The number of likely N-dealkylation sites (tertiary alicyclic amines) is 1. The Morgan fingerprint density at radius 1 is 1.47 bits per heavy atom. The van der Waals surface area contributed by atoms with E-state index in [1.807, 2.05) is 0 Å². The van der Waals surface area contributed by atoms with E-state index in [-0.39, 0.29) is 18.2 Å². The summed E-state index contributed by atoms with van der Waals surface area (Å²) in [7, 11) is 1.46. The van der Waals surface area contributed by atoms with Crippen molar-refractivity contribution in [2.75, 3.05) is 18.1 Å². The summed E-state index contributed by atoms with van der Waals surface area (Å²) in [5.74, 6) is 0.829. The fourth-order valence-electron chi connectivity index (χ4n) is 1.71. The highest BCUT2D eigenvalue weighted by molar-refractivity contribution is 6.06. The quantitative estimate of drug-likeness (QED) is 0.672. The summed E-state index contributed by atoms with van der Waals surface area (Å²) in [6.07, 6.45) is 0.137. The third-order valence-electron chi connectivity index (χ3n) is 2.56. The van der Waals surface area contributed by atoms with Gasteiger partial charge in [0.1, 0.15) is 23.5 Å². The molecule has 1 atom stereocenters. The molecule has 1 fully saturated rings. The van der Waals surface area contributed by atoms with Crippen molar-refractivity contribution in [3.63, 3.8) is 0 Å². The van der Waals surface area contributed by atoms with Gasteiger partial charge in [-0.3, -0.25) is 14.5 Å². The molecule has 7 heteroatoms. The van der Waals surface area contributed by atoms with Crippen LogP contribution in [0.5, 0.6) is 0 Å². The highest BCUT2D eigenvalue weighted by Crippen LogP contribution is 2.16. The van der Waals surface area contributed by atoms with Crippen molar-refractivity contribution in [3.05, 3.63) is 11.9 Å². The molecule has 0 saturated carbocycles. The topological polar surface area (TPSA) is 101 Å². The summed E-state index contributed by atoms with van der Waals surface area (Å²) >= 11 is 0. The Kier molecular flexibility index (Phi) is 2.66. The fourth-order valence-corrected chi connectivity index (χ4v) is 1.71. The molecule has 3 N–H and O–H groups in total. The van der Waals surface area contributed by atoms with Crippen molar-refractivity contribution < 1.29 is 9.59 Å². The van der Waals surface area contributed by atoms with E-state index in [1.165, 1.54) is 13.1 Å². The third-order valence-corrected chi connectivity index (χ3v) is 2.56. The molecule has 0 aromatic carbocycles. The molecule has 0 aliphatic carbocycles. The Morgan fingerprint density at radius 3 is 2.71 bits per heavy atom. The van der Waals surface area contributed by atoms with Crippen LogP contribution >= 0.6 is 0 Å². The first-order valence-corrected chi connectivity index (χ1v) is 5.15. The number of nitrogens with two attached hydrogens (primary N) is 1. The second kappa shape index (κ2) is 4.00.